The summed E-state index contributed by atoms with van der Waals surface area (Å²) >= 11 is 0. The molecule has 0 saturated carbocycles. The fraction of sp³-hybridized carbons (Fsp3) is 0.429. The molecule has 2 heterocycles. The molecule has 0 radical (unpaired) electrons. The molecular formula is C7H9N3O. The number of nitrogens with one attached hydrogen (secondary N) is 2. The number of aromatic amines is 1. The van der Waals surface area contributed by atoms with E-state index in [-0.39, 0.29) is 5.91 Å². The van der Waals surface area contributed by atoms with Gasteiger partial charge in [-0.3, -0.25) is 4.79 Å². The molecule has 11 heavy (non-hydrogen) atoms. The second-order valence-corrected chi connectivity index (χ2v) is 2.71. The topological polar surface area (TPSA) is 57.8 Å². The van der Waals surface area contributed by atoms with Crippen molar-refractivity contribution < 1.29 is 4.79 Å². The van der Waals surface area contributed by atoms with Gasteiger partial charge in [0.1, 0.15) is 0 Å². The molecule has 0 spiro atoms. The Morgan fingerprint density at radius 1 is 1.64 bits per heavy atom. The highest BCUT2D eigenvalue weighted by atomic mass is 16.1. The van der Waals surface area contributed by atoms with Crippen LogP contribution in [0.4, 0.5) is 0 Å². The highest BCUT2D eigenvalue weighted by molar-refractivity contribution is 5.79. The summed E-state index contributed by atoms with van der Waals surface area (Å²) in [6, 6.07) is 0. The second kappa shape index (κ2) is 2.38. The Bertz CT molecular complexity index is 255. The number of imidazole rings is 1. The maximum atomic E-state index is 10.8. The van der Waals surface area contributed by atoms with Gasteiger partial charge in [0.25, 0.3) is 0 Å². The van der Waals surface area contributed by atoms with Crippen LogP contribution in [0.15, 0.2) is 12.5 Å². The highest BCUT2D eigenvalue weighted by Crippen LogP contribution is 2.19. The first kappa shape index (κ1) is 6.39. The smallest absolute Gasteiger partial charge is 0.220 e. The molecule has 0 aromatic carbocycles. The van der Waals surface area contributed by atoms with E-state index in [2.05, 4.69) is 15.3 Å². The van der Waals surface area contributed by atoms with Crippen molar-refractivity contribution in [2.45, 2.75) is 12.3 Å². The van der Waals surface area contributed by atoms with E-state index in [1.54, 1.807) is 12.5 Å². The van der Waals surface area contributed by atoms with Gasteiger partial charge < -0.3 is 10.3 Å². The van der Waals surface area contributed by atoms with Crippen molar-refractivity contribution in [2.75, 3.05) is 6.54 Å². The number of carbonyl (C=O) groups excluding carboxylic acids is 1. The van der Waals surface area contributed by atoms with Crippen LogP contribution in [-0.2, 0) is 4.79 Å². The first-order valence-electron chi connectivity index (χ1n) is 3.61. The van der Waals surface area contributed by atoms with Gasteiger partial charge in [-0.15, -0.1) is 0 Å². The molecule has 1 aromatic rings. The Labute approximate surface area is 64.0 Å². The molecule has 1 atom stereocenters. The number of carbonyl (C=O) groups is 1. The molecule has 1 saturated heterocycles. The molecule has 1 amide bonds. The number of amides is 1. The van der Waals surface area contributed by atoms with Gasteiger partial charge in [-0.1, -0.05) is 0 Å². The van der Waals surface area contributed by atoms with Gasteiger partial charge in [-0.05, 0) is 0 Å². The SMILES string of the molecule is O=C1CC(c2cnc[nH]2)CN1. The summed E-state index contributed by atoms with van der Waals surface area (Å²) in [6.45, 7) is 0.737. The van der Waals surface area contributed by atoms with Gasteiger partial charge in [0.05, 0.1) is 6.33 Å². The molecule has 0 bridgehead atoms. The Balaban J connectivity index is 2.13. The van der Waals surface area contributed by atoms with E-state index in [1.807, 2.05) is 0 Å². The Morgan fingerprint density at radius 3 is 3.09 bits per heavy atom. The molecule has 0 aliphatic carbocycles. The largest absolute Gasteiger partial charge is 0.355 e. The van der Waals surface area contributed by atoms with Gasteiger partial charge in [0.15, 0.2) is 0 Å². The monoisotopic (exact) mass is 151 g/mol. The zero-order valence-electron chi connectivity index (χ0n) is 6.00. The molecule has 1 aromatic heterocycles. The maximum Gasteiger partial charge on any atom is 0.220 e. The van der Waals surface area contributed by atoms with Crippen molar-refractivity contribution in [3.63, 3.8) is 0 Å². The molecular weight excluding hydrogens is 142 g/mol. The third-order valence-electron chi connectivity index (χ3n) is 1.94. The minimum atomic E-state index is 0.129. The van der Waals surface area contributed by atoms with Crippen LogP contribution in [0, 0.1) is 0 Å². The fourth-order valence-corrected chi connectivity index (χ4v) is 1.31. The van der Waals surface area contributed by atoms with Crippen molar-refractivity contribution in [3.8, 4) is 0 Å². The maximum absolute atomic E-state index is 10.8. The zero-order valence-corrected chi connectivity index (χ0v) is 6.00. The first-order valence-corrected chi connectivity index (χ1v) is 3.61. The Hall–Kier alpha value is -1.32. The average molecular weight is 151 g/mol. The number of rotatable bonds is 1. The molecule has 2 N–H and O–H groups in total. The number of nitrogens with zero attached hydrogens (tertiary/aromatic N) is 1. The summed E-state index contributed by atoms with van der Waals surface area (Å²) in [5, 5.41) is 2.77. The van der Waals surface area contributed by atoms with Crippen molar-refractivity contribution in [3.05, 3.63) is 18.2 Å². The zero-order chi connectivity index (χ0) is 7.68. The summed E-state index contributed by atoms with van der Waals surface area (Å²) in [6.07, 6.45) is 3.99. The van der Waals surface area contributed by atoms with Crippen LogP contribution in [0.1, 0.15) is 18.0 Å². The molecule has 2 rings (SSSR count). The third kappa shape index (κ3) is 1.11. The summed E-state index contributed by atoms with van der Waals surface area (Å²) in [5.74, 6) is 0.426. The molecule has 1 fully saturated rings. The summed E-state index contributed by atoms with van der Waals surface area (Å²) in [7, 11) is 0. The molecule has 4 heteroatoms. The Kier molecular flexibility index (Phi) is 1.38. The van der Waals surface area contributed by atoms with Crippen LogP contribution in [0.3, 0.4) is 0 Å². The number of hydrogen-bond acceptors (Lipinski definition) is 2. The molecule has 1 aliphatic rings. The van der Waals surface area contributed by atoms with Crippen molar-refractivity contribution >= 4 is 5.91 Å². The molecule has 1 aliphatic heterocycles. The predicted molar refractivity (Wildman–Crippen MR) is 39.0 cm³/mol. The van der Waals surface area contributed by atoms with Gasteiger partial charge in [-0.25, -0.2) is 4.98 Å². The minimum Gasteiger partial charge on any atom is -0.355 e. The molecule has 58 valence electrons. The van der Waals surface area contributed by atoms with Crippen LogP contribution < -0.4 is 5.32 Å². The number of hydrogen-bond donors (Lipinski definition) is 2. The lowest BCUT2D eigenvalue weighted by Crippen LogP contribution is -2.13. The van der Waals surface area contributed by atoms with Crippen molar-refractivity contribution in [1.82, 2.24) is 15.3 Å². The quantitative estimate of drug-likeness (QED) is 0.594. The lowest BCUT2D eigenvalue weighted by Gasteiger charge is -2.00. The van der Waals surface area contributed by atoms with Crippen LogP contribution in [-0.4, -0.2) is 22.4 Å². The van der Waals surface area contributed by atoms with Crippen molar-refractivity contribution in [2.24, 2.45) is 0 Å². The third-order valence-corrected chi connectivity index (χ3v) is 1.94. The standard InChI is InChI=1S/C7H9N3O/c11-7-1-5(2-9-7)6-3-8-4-10-6/h3-5H,1-2H2,(H,8,10)(H,9,11). The summed E-state index contributed by atoms with van der Waals surface area (Å²) in [5.41, 5.74) is 1.04. The summed E-state index contributed by atoms with van der Waals surface area (Å²) in [4.78, 5) is 17.7. The van der Waals surface area contributed by atoms with E-state index in [0.717, 1.165) is 12.2 Å². The Morgan fingerprint density at radius 2 is 2.55 bits per heavy atom. The highest BCUT2D eigenvalue weighted by Gasteiger charge is 2.23. The van der Waals surface area contributed by atoms with Gasteiger partial charge in [0, 0.05) is 30.8 Å². The van der Waals surface area contributed by atoms with E-state index < -0.39 is 0 Å². The van der Waals surface area contributed by atoms with Crippen LogP contribution >= 0.6 is 0 Å². The van der Waals surface area contributed by atoms with Crippen molar-refractivity contribution in [1.29, 1.82) is 0 Å². The van der Waals surface area contributed by atoms with Gasteiger partial charge >= 0.3 is 0 Å². The number of H-pyrrole nitrogens is 1. The number of aromatic nitrogens is 2. The van der Waals surface area contributed by atoms with Crippen LogP contribution in [0.5, 0.6) is 0 Å². The molecule has 4 nitrogen and oxygen atoms in total. The lowest BCUT2D eigenvalue weighted by molar-refractivity contribution is -0.119. The minimum absolute atomic E-state index is 0.129. The summed E-state index contributed by atoms with van der Waals surface area (Å²) < 4.78 is 0. The second-order valence-electron chi connectivity index (χ2n) is 2.71. The average Bonchev–Trinajstić information content (AvgIpc) is 2.55. The fourth-order valence-electron chi connectivity index (χ4n) is 1.31. The van der Waals surface area contributed by atoms with E-state index in [9.17, 15) is 4.79 Å². The van der Waals surface area contributed by atoms with Crippen LogP contribution in [0.2, 0.25) is 0 Å². The van der Waals surface area contributed by atoms with Gasteiger partial charge in [-0.2, -0.15) is 0 Å². The predicted octanol–water partition coefficient (Wildman–Crippen LogP) is 0.0132. The van der Waals surface area contributed by atoms with E-state index >= 15 is 0 Å². The van der Waals surface area contributed by atoms with Crippen LogP contribution in [0.25, 0.3) is 0 Å². The first-order chi connectivity index (χ1) is 5.36. The lowest BCUT2D eigenvalue weighted by atomic mass is 10.1. The van der Waals surface area contributed by atoms with E-state index in [0.29, 0.717) is 12.3 Å². The van der Waals surface area contributed by atoms with E-state index in [4.69, 9.17) is 0 Å². The molecule has 1 unspecified atom stereocenters. The normalized spacial score (nSPS) is 23.6. The van der Waals surface area contributed by atoms with Gasteiger partial charge in [0.2, 0.25) is 5.91 Å². The van der Waals surface area contributed by atoms with E-state index in [1.165, 1.54) is 0 Å².